The van der Waals surface area contributed by atoms with Gasteiger partial charge in [-0.25, -0.2) is 0 Å². The maximum absolute atomic E-state index is 11.8. The van der Waals surface area contributed by atoms with Gasteiger partial charge in [0, 0.05) is 11.4 Å². The summed E-state index contributed by atoms with van der Waals surface area (Å²) < 4.78 is 5.26. The van der Waals surface area contributed by atoms with Gasteiger partial charge in [0.2, 0.25) is 0 Å². The van der Waals surface area contributed by atoms with Crippen LogP contribution in [0.15, 0.2) is 24.3 Å². The first-order valence-corrected chi connectivity index (χ1v) is 6.60. The predicted octanol–water partition coefficient (Wildman–Crippen LogP) is 4.71. The van der Waals surface area contributed by atoms with Crippen molar-refractivity contribution in [2.75, 3.05) is 0 Å². The smallest absolute Gasteiger partial charge is 0.311 e. The number of carbonyl (C=O) groups is 1. The lowest BCUT2D eigenvalue weighted by Crippen LogP contribution is -2.17. The number of halogens is 1. The number of rotatable bonds is 4. The van der Waals surface area contributed by atoms with Crippen molar-refractivity contribution in [2.24, 2.45) is 11.3 Å². The molecule has 0 aliphatic carbocycles. The SMILES string of the molecule is CC(CC(=O)Oc1cccc(Cl)c1)CC(C)(C)C. The summed E-state index contributed by atoms with van der Waals surface area (Å²) in [6, 6.07) is 6.90. The van der Waals surface area contributed by atoms with Crippen LogP contribution in [0.5, 0.6) is 5.75 Å². The van der Waals surface area contributed by atoms with E-state index in [-0.39, 0.29) is 11.4 Å². The first-order chi connectivity index (χ1) is 8.26. The quantitative estimate of drug-likeness (QED) is 0.584. The fourth-order valence-electron chi connectivity index (χ4n) is 2.11. The van der Waals surface area contributed by atoms with Crippen LogP contribution in [-0.2, 0) is 4.79 Å². The largest absolute Gasteiger partial charge is 0.426 e. The van der Waals surface area contributed by atoms with E-state index < -0.39 is 0 Å². The monoisotopic (exact) mass is 268 g/mol. The van der Waals surface area contributed by atoms with Gasteiger partial charge in [0.05, 0.1) is 0 Å². The number of ether oxygens (including phenoxy) is 1. The molecule has 0 saturated heterocycles. The summed E-state index contributed by atoms with van der Waals surface area (Å²) in [4.78, 5) is 11.8. The van der Waals surface area contributed by atoms with E-state index in [0.717, 1.165) is 6.42 Å². The van der Waals surface area contributed by atoms with Gasteiger partial charge < -0.3 is 4.74 Å². The Kier molecular flexibility index (Phi) is 5.21. The van der Waals surface area contributed by atoms with Gasteiger partial charge in [-0.1, -0.05) is 45.4 Å². The van der Waals surface area contributed by atoms with E-state index >= 15 is 0 Å². The summed E-state index contributed by atoms with van der Waals surface area (Å²) in [5, 5.41) is 0.572. The van der Waals surface area contributed by atoms with E-state index in [1.807, 2.05) is 0 Å². The summed E-state index contributed by atoms with van der Waals surface area (Å²) in [7, 11) is 0. The molecule has 1 atom stereocenters. The van der Waals surface area contributed by atoms with Gasteiger partial charge in [-0.2, -0.15) is 0 Å². The normalized spacial score (nSPS) is 13.2. The van der Waals surface area contributed by atoms with Gasteiger partial charge in [0.25, 0.3) is 0 Å². The third-order valence-electron chi connectivity index (χ3n) is 2.50. The van der Waals surface area contributed by atoms with Crippen LogP contribution in [0.2, 0.25) is 5.02 Å². The highest BCUT2D eigenvalue weighted by molar-refractivity contribution is 6.30. The average molecular weight is 269 g/mol. The maximum atomic E-state index is 11.8. The topological polar surface area (TPSA) is 26.3 Å². The second kappa shape index (κ2) is 6.24. The third-order valence-corrected chi connectivity index (χ3v) is 2.74. The van der Waals surface area contributed by atoms with Crippen molar-refractivity contribution in [3.63, 3.8) is 0 Å². The second-order valence-corrected chi connectivity index (χ2v) is 6.44. The van der Waals surface area contributed by atoms with Crippen molar-refractivity contribution in [1.29, 1.82) is 0 Å². The zero-order chi connectivity index (χ0) is 13.8. The molecule has 0 saturated carbocycles. The number of esters is 1. The van der Waals surface area contributed by atoms with Crippen molar-refractivity contribution in [2.45, 2.75) is 40.5 Å². The first kappa shape index (κ1) is 15.0. The minimum atomic E-state index is -0.200. The van der Waals surface area contributed by atoms with Crippen LogP contribution in [0.1, 0.15) is 40.5 Å². The minimum absolute atomic E-state index is 0.200. The minimum Gasteiger partial charge on any atom is -0.426 e. The zero-order valence-corrected chi connectivity index (χ0v) is 12.3. The Labute approximate surface area is 114 Å². The fourth-order valence-corrected chi connectivity index (χ4v) is 2.29. The molecular formula is C15H21ClO2. The lowest BCUT2D eigenvalue weighted by atomic mass is 9.84. The number of benzene rings is 1. The maximum Gasteiger partial charge on any atom is 0.311 e. The Balaban J connectivity index is 2.47. The molecule has 18 heavy (non-hydrogen) atoms. The van der Waals surface area contributed by atoms with Crippen molar-refractivity contribution in [1.82, 2.24) is 0 Å². The molecule has 3 heteroatoms. The Bertz CT molecular complexity index is 407. The molecule has 0 bridgehead atoms. The van der Waals surface area contributed by atoms with E-state index in [1.54, 1.807) is 24.3 Å². The van der Waals surface area contributed by atoms with Gasteiger partial charge in [-0.05, 0) is 36.0 Å². The lowest BCUT2D eigenvalue weighted by molar-refractivity contribution is -0.135. The molecule has 0 aliphatic rings. The highest BCUT2D eigenvalue weighted by Gasteiger charge is 2.18. The summed E-state index contributed by atoms with van der Waals surface area (Å²) in [5.74, 6) is 0.626. The number of hydrogen-bond acceptors (Lipinski definition) is 2. The van der Waals surface area contributed by atoms with Crippen LogP contribution in [0, 0.1) is 11.3 Å². The molecule has 1 rings (SSSR count). The number of hydrogen-bond donors (Lipinski definition) is 0. The van der Waals surface area contributed by atoms with Gasteiger partial charge in [0.15, 0.2) is 0 Å². The summed E-state index contributed by atoms with van der Waals surface area (Å²) in [5.41, 5.74) is 0.232. The van der Waals surface area contributed by atoms with Gasteiger partial charge in [-0.3, -0.25) is 4.79 Å². The van der Waals surface area contributed by atoms with Crippen LogP contribution in [-0.4, -0.2) is 5.97 Å². The zero-order valence-electron chi connectivity index (χ0n) is 11.5. The molecule has 0 aliphatic heterocycles. The second-order valence-electron chi connectivity index (χ2n) is 6.01. The third kappa shape index (κ3) is 6.06. The Morgan fingerprint density at radius 3 is 2.61 bits per heavy atom. The molecule has 100 valence electrons. The molecule has 1 aromatic carbocycles. The van der Waals surface area contributed by atoms with Gasteiger partial charge >= 0.3 is 5.97 Å². The van der Waals surface area contributed by atoms with E-state index in [4.69, 9.17) is 16.3 Å². The van der Waals surface area contributed by atoms with E-state index in [9.17, 15) is 4.79 Å². The Hall–Kier alpha value is -1.02. The molecule has 0 aromatic heterocycles. The molecule has 0 radical (unpaired) electrons. The van der Waals surface area contributed by atoms with Crippen molar-refractivity contribution in [3.05, 3.63) is 29.3 Å². The molecule has 0 spiro atoms. The highest BCUT2D eigenvalue weighted by Crippen LogP contribution is 2.26. The summed E-state index contributed by atoms with van der Waals surface area (Å²) in [6.07, 6.45) is 1.43. The fraction of sp³-hybridized carbons (Fsp3) is 0.533. The van der Waals surface area contributed by atoms with Crippen molar-refractivity contribution < 1.29 is 9.53 Å². The summed E-state index contributed by atoms with van der Waals surface area (Å²) in [6.45, 7) is 8.59. The molecule has 1 aromatic rings. The molecule has 0 N–H and O–H groups in total. The first-order valence-electron chi connectivity index (χ1n) is 6.22. The lowest BCUT2D eigenvalue weighted by Gasteiger charge is -2.22. The summed E-state index contributed by atoms with van der Waals surface area (Å²) >= 11 is 5.83. The standard InChI is InChI=1S/C15H21ClO2/c1-11(10-15(2,3)4)8-14(17)18-13-7-5-6-12(16)9-13/h5-7,9,11H,8,10H2,1-4H3. The van der Waals surface area contributed by atoms with Crippen molar-refractivity contribution in [3.8, 4) is 5.75 Å². The molecular weight excluding hydrogens is 248 g/mol. The van der Waals surface area contributed by atoms with Gasteiger partial charge in [-0.15, -0.1) is 0 Å². The van der Waals surface area contributed by atoms with E-state index in [1.165, 1.54) is 0 Å². The van der Waals surface area contributed by atoms with Crippen molar-refractivity contribution >= 4 is 17.6 Å². The average Bonchev–Trinajstić information content (AvgIpc) is 2.13. The molecule has 0 heterocycles. The van der Waals surface area contributed by atoms with Gasteiger partial charge in [0.1, 0.15) is 5.75 Å². The predicted molar refractivity (Wildman–Crippen MR) is 74.9 cm³/mol. The number of carbonyl (C=O) groups excluding carboxylic acids is 1. The van der Waals surface area contributed by atoms with Crippen LogP contribution in [0.3, 0.4) is 0 Å². The molecule has 0 amide bonds. The van der Waals surface area contributed by atoms with Crippen LogP contribution < -0.4 is 4.74 Å². The van der Waals surface area contributed by atoms with E-state index in [2.05, 4.69) is 27.7 Å². The van der Waals surface area contributed by atoms with E-state index in [0.29, 0.717) is 23.1 Å². The molecule has 1 unspecified atom stereocenters. The van der Waals surface area contributed by atoms with Crippen LogP contribution in [0.25, 0.3) is 0 Å². The highest BCUT2D eigenvalue weighted by atomic mass is 35.5. The van der Waals surface area contributed by atoms with Crippen LogP contribution >= 0.6 is 11.6 Å². The molecule has 0 fully saturated rings. The molecule has 2 nitrogen and oxygen atoms in total. The van der Waals surface area contributed by atoms with Crippen LogP contribution in [0.4, 0.5) is 0 Å². The Morgan fingerprint density at radius 2 is 2.06 bits per heavy atom. The Morgan fingerprint density at radius 1 is 1.39 bits per heavy atom.